The van der Waals surface area contributed by atoms with E-state index in [1.165, 1.54) is 12.5 Å². The van der Waals surface area contributed by atoms with Gasteiger partial charge >= 0.3 is 0 Å². The molecule has 3 heterocycles. The Morgan fingerprint density at radius 3 is 2.96 bits per heavy atom. The Balaban J connectivity index is 1.42. The zero-order valence-corrected chi connectivity index (χ0v) is 16.1. The molecule has 0 spiro atoms. The lowest BCUT2D eigenvalue weighted by Crippen LogP contribution is -2.26. The fourth-order valence-electron chi connectivity index (χ4n) is 3.65. The van der Waals surface area contributed by atoms with Crippen molar-refractivity contribution in [2.24, 2.45) is 0 Å². The van der Waals surface area contributed by atoms with Crippen molar-refractivity contribution in [3.63, 3.8) is 0 Å². The minimum atomic E-state index is -0.0459. The molecule has 1 unspecified atom stereocenters. The number of hydrogen-bond donors (Lipinski definition) is 1. The number of fused-ring (bicyclic) bond motifs is 1. The van der Waals surface area contributed by atoms with Gasteiger partial charge in [0.05, 0.1) is 13.2 Å². The van der Waals surface area contributed by atoms with Crippen LogP contribution in [-0.2, 0) is 17.7 Å². The molecular weight excluding hydrogens is 356 g/mol. The monoisotopic (exact) mass is 382 g/mol. The van der Waals surface area contributed by atoms with Crippen molar-refractivity contribution < 1.29 is 14.2 Å². The van der Waals surface area contributed by atoms with E-state index in [9.17, 15) is 4.79 Å². The third-order valence-electron chi connectivity index (χ3n) is 5.17. The van der Waals surface area contributed by atoms with Crippen molar-refractivity contribution >= 4 is 10.9 Å². The highest BCUT2D eigenvalue weighted by Gasteiger charge is 2.15. The highest BCUT2D eigenvalue weighted by atomic mass is 16.5. The molecule has 4 rings (SSSR count). The molecule has 1 aliphatic rings. The average molecular weight is 382 g/mol. The van der Waals surface area contributed by atoms with Crippen LogP contribution >= 0.6 is 0 Å². The van der Waals surface area contributed by atoms with Crippen LogP contribution in [0.4, 0.5) is 0 Å². The molecule has 1 N–H and O–H groups in total. The zero-order chi connectivity index (χ0) is 19.3. The fourth-order valence-corrected chi connectivity index (χ4v) is 3.65. The van der Waals surface area contributed by atoms with Gasteiger partial charge in [0.2, 0.25) is 0 Å². The quantitative estimate of drug-likeness (QED) is 0.679. The first kappa shape index (κ1) is 18.6. The molecule has 1 saturated heterocycles. The highest BCUT2D eigenvalue weighted by Crippen LogP contribution is 2.22. The van der Waals surface area contributed by atoms with Crippen molar-refractivity contribution in [1.29, 1.82) is 0 Å². The Hall–Kier alpha value is -2.73. The number of aromatic amines is 1. The second-order valence-electron chi connectivity index (χ2n) is 7.19. The standard InChI is InChI=1S/C22H26N2O4/c1-26-19-5-6-21-16(12-19)7-9-24(21)10-8-17-13-18(25)14-22(23-17)28-15-20-4-2-3-11-27-20/h5-7,9,12-14,20H,2-4,8,10-11,15H2,1H3,(H,23,25). The van der Waals surface area contributed by atoms with Gasteiger partial charge in [-0.2, -0.15) is 0 Å². The molecule has 2 aromatic heterocycles. The lowest BCUT2D eigenvalue weighted by atomic mass is 10.1. The number of benzene rings is 1. The van der Waals surface area contributed by atoms with E-state index >= 15 is 0 Å². The van der Waals surface area contributed by atoms with Crippen molar-refractivity contribution in [2.45, 2.75) is 38.3 Å². The SMILES string of the molecule is COc1ccc2c(ccn2CCc2cc(=O)cc(OCC3CCCCO3)[nH]2)c1. The van der Waals surface area contributed by atoms with Crippen LogP contribution in [0.3, 0.4) is 0 Å². The van der Waals surface area contributed by atoms with Crippen LogP contribution in [0.2, 0.25) is 0 Å². The summed E-state index contributed by atoms with van der Waals surface area (Å²) in [6, 6.07) is 11.3. The normalized spacial score (nSPS) is 17.0. The predicted molar refractivity (Wildman–Crippen MR) is 108 cm³/mol. The third kappa shape index (κ3) is 4.39. The Bertz CT molecular complexity index is 986. The number of hydrogen-bond acceptors (Lipinski definition) is 4. The number of methoxy groups -OCH3 is 1. The summed E-state index contributed by atoms with van der Waals surface area (Å²) in [5.74, 6) is 1.36. The van der Waals surface area contributed by atoms with Crippen molar-refractivity contribution in [2.75, 3.05) is 20.3 Å². The summed E-state index contributed by atoms with van der Waals surface area (Å²) >= 11 is 0. The topological polar surface area (TPSA) is 65.5 Å². The number of aryl methyl sites for hydroxylation is 2. The predicted octanol–water partition coefficient (Wildman–Crippen LogP) is 3.53. The summed E-state index contributed by atoms with van der Waals surface area (Å²) in [6.07, 6.45) is 6.18. The summed E-state index contributed by atoms with van der Waals surface area (Å²) in [7, 11) is 1.67. The number of ether oxygens (including phenoxy) is 3. The van der Waals surface area contributed by atoms with Gasteiger partial charge in [-0.3, -0.25) is 4.79 Å². The number of pyridine rings is 1. The second-order valence-corrected chi connectivity index (χ2v) is 7.19. The van der Waals surface area contributed by atoms with Gasteiger partial charge in [0.1, 0.15) is 12.4 Å². The van der Waals surface area contributed by atoms with Crippen LogP contribution in [0.15, 0.2) is 47.4 Å². The van der Waals surface area contributed by atoms with E-state index in [1.807, 2.05) is 12.1 Å². The summed E-state index contributed by atoms with van der Waals surface area (Å²) in [5, 5.41) is 1.14. The number of rotatable bonds is 7. The van der Waals surface area contributed by atoms with Crippen LogP contribution in [0.25, 0.3) is 10.9 Å². The molecule has 1 atom stereocenters. The van der Waals surface area contributed by atoms with Gasteiger partial charge in [0.15, 0.2) is 11.3 Å². The number of aromatic nitrogens is 2. The molecule has 0 saturated carbocycles. The van der Waals surface area contributed by atoms with Gasteiger partial charge < -0.3 is 23.8 Å². The van der Waals surface area contributed by atoms with Crippen LogP contribution in [-0.4, -0.2) is 36.0 Å². The third-order valence-corrected chi connectivity index (χ3v) is 5.17. The lowest BCUT2D eigenvalue weighted by Gasteiger charge is -2.22. The summed E-state index contributed by atoms with van der Waals surface area (Å²) in [4.78, 5) is 15.3. The maximum absolute atomic E-state index is 12.1. The van der Waals surface area contributed by atoms with E-state index in [0.29, 0.717) is 18.9 Å². The first-order valence-electron chi connectivity index (χ1n) is 9.82. The largest absolute Gasteiger partial charge is 0.497 e. The van der Waals surface area contributed by atoms with E-state index in [2.05, 4.69) is 27.9 Å². The van der Waals surface area contributed by atoms with Crippen molar-refractivity contribution in [3.8, 4) is 11.6 Å². The van der Waals surface area contributed by atoms with Gasteiger partial charge in [0, 0.05) is 54.5 Å². The number of H-pyrrole nitrogens is 1. The Morgan fingerprint density at radius 2 is 2.14 bits per heavy atom. The van der Waals surface area contributed by atoms with Gasteiger partial charge in [-0.1, -0.05) is 0 Å². The summed E-state index contributed by atoms with van der Waals surface area (Å²) < 4.78 is 18.9. The minimum Gasteiger partial charge on any atom is -0.497 e. The molecule has 3 aromatic rings. The molecule has 6 heteroatoms. The van der Waals surface area contributed by atoms with Gasteiger partial charge in [-0.05, 0) is 43.5 Å². The fraction of sp³-hybridized carbons (Fsp3) is 0.409. The molecule has 148 valence electrons. The molecule has 0 amide bonds. The first-order chi connectivity index (χ1) is 13.7. The molecule has 6 nitrogen and oxygen atoms in total. The smallest absolute Gasteiger partial charge is 0.194 e. The molecule has 1 aromatic carbocycles. The van der Waals surface area contributed by atoms with E-state index in [4.69, 9.17) is 14.2 Å². The number of nitrogens with zero attached hydrogens (tertiary/aromatic N) is 1. The van der Waals surface area contributed by atoms with E-state index < -0.39 is 0 Å². The van der Waals surface area contributed by atoms with Crippen LogP contribution < -0.4 is 14.9 Å². The van der Waals surface area contributed by atoms with E-state index in [-0.39, 0.29) is 11.5 Å². The molecule has 1 fully saturated rings. The number of nitrogens with one attached hydrogen (secondary N) is 1. The van der Waals surface area contributed by atoms with Crippen molar-refractivity contribution in [1.82, 2.24) is 9.55 Å². The molecule has 0 bridgehead atoms. The maximum Gasteiger partial charge on any atom is 0.194 e. The molecule has 0 radical (unpaired) electrons. The van der Waals surface area contributed by atoms with Gasteiger partial charge in [-0.25, -0.2) is 0 Å². The van der Waals surface area contributed by atoms with Gasteiger partial charge in [-0.15, -0.1) is 0 Å². The molecule has 28 heavy (non-hydrogen) atoms. The Kier molecular flexibility index (Phi) is 5.67. The Morgan fingerprint density at radius 1 is 1.21 bits per heavy atom. The second kappa shape index (κ2) is 8.52. The minimum absolute atomic E-state index is 0.0459. The van der Waals surface area contributed by atoms with Crippen LogP contribution in [0, 0.1) is 0 Å². The van der Waals surface area contributed by atoms with E-state index in [0.717, 1.165) is 48.3 Å². The van der Waals surface area contributed by atoms with E-state index in [1.54, 1.807) is 13.2 Å². The molecule has 1 aliphatic heterocycles. The van der Waals surface area contributed by atoms with Crippen LogP contribution in [0.1, 0.15) is 25.0 Å². The average Bonchev–Trinajstić information content (AvgIpc) is 3.13. The van der Waals surface area contributed by atoms with Gasteiger partial charge in [0.25, 0.3) is 0 Å². The van der Waals surface area contributed by atoms with Crippen molar-refractivity contribution in [3.05, 3.63) is 58.5 Å². The summed E-state index contributed by atoms with van der Waals surface area (Å²) in [6.45, 7) is 2.03. The zero-order valence-electron chi connectivity index (χ0n) is 16.1. The Labute approximate surface area is 164 Å². The molecular formula is C22H26N2O4. The molecule has 0 aliphatic carbocycles. The maximum atomic E-state index is 12.1. The van der Waals surface area contributed by atoms with Crippen LogP contribution in [0.5, 0.6) is 11.6 Å². The highest BCUT2D eigenvalue weighted by molar-refractivity contribution is 5.81. The first-order valence-corrected chi connectivity index (χ1v) is 9.82. The summed E-state index contributed by atoms with van der Waals surface area (Å²) in [5.41, 5.74) is 1.96. The lowest BCUT2D eigenvalue weighted by molar-refractivity contribution is -0.0120.